The van der Waals surface area contributed by atoms with E-state index in [0.717, 1.165) is 8.99 Å². The van der Waals surface area contributed by atoms with Gasteiger partial charge in [0, 0.05) is 13.1 Å². The van der Waals surface area contributed by atoms with Gasteiger partial charge in [-0.2, -0.15) is 4.31 Å². The van der Waals surface area contributed by atoms with Gasteiger partial charge in [-0.1, -0.05) is 11.1 Å². The van der Waals surface area contributed by atoms with Crippen molar-refractivity contribution in [2.45, 2.75) is 17.5 Å². The number of nitrogens with zero attached hydrogens (tertiary/aromatic N) is 4. The van der Waals surface area contributed by atoms with Crippen LogP contribution >= 0.6 is 15.9 Å². The van der Waals surface area contributed by atoms with E-state index in [-0.39, 0.29) is 34.1 Å². The second-order valence-electron chi connectivity index (χ2n) is 4.62. The van der Waals surface area contributed by atoms with Crippen molar-refractivity contribution in [2.75, 3.05) is 18.1 Å². The van der Waals surface area contributed by atoms with E-state index in [1.165, 1.54) is 7.05 Å². The maximum Gasteiger partial charge on any atom is 0.264 e. The third-order valence-electron chi connectivity index (χ3n) is 3.15. The standard InChI is InChI=1S/C10H13BrN4O4S2/c1-3-5-15(8-4-6-20(16,17)7-8)21(18,19)10-9(11)12-13-14(10)2/h1,8H,4-7H2,2H3. The lowest BCUT2D eigenvalue weighted by atomic mass is 10.3. The van der Waals surface area contributed by atoms with Crippen molar-refractivity contribution in [1.29, 1.82) is 0 Å². The quantitative estimate of drug-likeness (QED) is 0.628. The van der Waals surface area contributed by atoms with Crippen LogP contribution in [0.3, 0.4) is 0 Å². The van der Waals surface area contributed by atoms with E-state index < -0.39 is 25.9 Å². The third kappa shape index (κ3) is 3.13. The van der Waals surface area contributed by atoms with Gasteiger partial charge in [0.15, 0.2) is 14.4 Å². The molecular weight excluding hydrogens is 384 g/mol. The van der Waals surface area contributed by atoms with Gasteiger partial charge in [-0.3, -0.25) is 0 Å². The molecule has 21 heavy (non-hydrogen) atoms. The first-order chi connectivity index (χ1) is 9.69. The van der Waals surface area contributed by atoms with Crippen molar-refractivity contribution >= 4 is 35.8 Å². The number of halogens is 1. The first-order valence-corrected chi connectivity index (χ1v) is 9.95. The van der Waals surface area contributed by atoms with Crippen LogP contribution < -0.4 is 0 Å². The summed E-state index contributed by atoms with van der Waals surface area (Å²) in [4.78, 5) is 0. The first-order valence-electron chi connectivity index (χ1n) is 5.90. The predicted molar refractivity (Wildman–Crippen MR) is 78.5 cm³/mol. The Morgan fingerprint density at radius 2 is 2.24 bits per heavy atom. The second kappa shape index (κ2) is 5.68. The van der Waals surface area contributed by atoms with E-state index >= 15 is 0 Å². The number of sulfonamides is 1. The van der Waals surface area contributed by atoms with Crippen molar-refractivity contribution in [3.8, 4) is 12.3 Å². The van der Waals surface area contributed by atoms with Gasteiger partial charge >= 0.3 is 0 Å². The second-order valence-corrected chi connectivity index (χ2v) is 9.41. The molecule has 0 amide bonds. The molecule has 0 aliphatic carbocycles. The Morgan fingerprint density at radius 1 is 1.57 bits per heavy atom. The van der Waals surface area contributed by atoms with Gasteiger partial charge < -0.3 is 0 Å². The Hall–Kier alpha value is -0.960. The zero-order valence-corrected chi connectivity index (χ0v) is 14.3. The summed E-state index contributed by atoms with van der Waals surface area (Å²) in [6.07, 6.45) is 5.46. The van der Waals surface area contributed by atoms with E-state index in [0.29, 0.717) is 0 Å². The van der Waals surface area contributed by atoms with E-state index in [1.54, 1.807) is 0 Å². The maximum atomic E-state index is 12.7. The molecule has 116 valence electrons. The summed E-state index contributed by atoms with van der Waals surface area (Å²) >= 11 is 3.03. The minimum Gasteiger partial charge on any atom is -0.235 e. The average molecular weight is 397 g/mol. The van der Waals surface area contributed by atoms with Crippen LogP contribution in [-0.2, 0) is 26.9 Å². The van der Waals surface area contributed by atoms with Gasteiger partial charge in [0.05, 0.1) is 18.1 Å². The van der Waals surface area contributed by atoms with Crippen LogP contribution in [0.2, 0.25) is 0 Å². The first kappa shape index (κ1) is 16.4. The van der Waals surface area contributed by atoms with Crippen LogP contribution in [-0.4, -0.2) is 60.2 Å². The third-order valence-corrected chi connectivity index (χ3v) is 7.69. The highest BCUT2D eigenvalue weighted by atomic mass is 79.9. The minimum absolute atomic E-state index is 0.0426. The number of aryl methyl sites for hydroxylation is 1. The molecule has 0 radical (unpaired) electrons. The molecule has 0 N–H and O–H groups in total. The number of sulfone groups is 1. The molecule has 1 aliphatic heterocycles. The van der Waals surface area contributed by atoms with E-state index in [4.69, 9.17) is 6.42 Å². The monoisotopic (exact) mass is 396 g/mol. The summed E-state index contributed by atoms with van der Waals surface area (Å²) < 4.78 is 50.8. The number of hydrogen-bond acceptors (Lipinski definition) is 6. The van der Waals surface area contributed by atoms with Crippen molar-refractivity contribution in [2.24, 2.45) is 7.05 Å². The smallest absolute Gasteiger partial charge is 0.235 e. The van der Waals surface area contributed by atoms with Gasteiger partial charge in [-0.15, -0.1) is 11.5 Å². The van der Waals surface area contributed by atoms with Gasteiger partial charge in [0.25, 0.3) is 10.0 Å². The molecule has 1 aromatic rings. The van der Waals surface area contributed by atoms with Crippen molar-refractivity contribution in [3.63, 3.8) is 0 Å². The number of hydrogen-bond donors (Lipinski definition) is 0. The van der Waals surface area contributed by atoms with Crippen LogP contribution in [0.1, 0.15) is 6.42 Å². The van der Waals surface area contributed by atoms with Crippen LogP contribution in [0.5, 0.6) is 0 Å². The molecule has 1 saturated heterocycles. The summed E-state index contributed by atoms with van der Waals surface area (Å²) in [6, 6.07) is -0.669. The molecule has 1 aromatic heterocycles. The van der Waals surface area contributed by atoms with E-state index in [9.17, 15) is 16.8 Å². The normalized spacial score (nSPS) is 21.5. The number of aromatic nitrogens is 3. The van der Waals surface area contributed by atoms with Crippen LogP contribution in [0.25, 0.3) is 0 Å². The molecule has 0 saturated carbocycles. The number of terminal acetylenes is 1. The van der Waals surface area contributed by atoms with Gasteiger partial charge in [0.2, 0.25) is 5.03 Å². The molecule has 1 fully saturated rings. The summed E-state index contributed by atoms with van der Waals surface area (Å²) in [7, 11) is -5.80. The molecule has 1 unspecified atom stereocenters. The fourth-order valence-corrected chi connectivity index (χ4v) is 6.64. The van der Waals surface area contributed by atoms with E-state index in [2.05, 4.69) is 32.2 Å². The van der Waals surface area contributed by atoms with Gasteiger partial charge in [-0.25, -0.2) is 21.5 Å². The molecule has 8 nitrogen and oxygen atoms in total. The Morgan fingerprint density at radius 3 is 2.67 bits per heavy atom. The summed E-state index contributed by atoms with van der Waals surface area (Å²) in [5, 5.41) is 7.11. The fraction of sp³-hybridized carbons (Fsp3) is 0.600. The zero-order valence-electron chi connectivity index (χ0n) is 11.1. The molecule has 1 aliphatic rings. The summed E-state index contributed by atoms with van der Waals surface area (Å²) in [5.74, 6) is 2.00. The average Bonchev–Trinajstić information content (AvgIpc) is 2.89. The minimum atomic E-state index is -4.00. The maximum absolute atomic E-state index is 12.7. The van der Waals surface area contributed by atoms with Gasteiger partial charge in [-0.05, 0) is 22.4 Å². The highest BCUT2D eigenvalue weighted by Gasteiger charge is 2.40. The SMILES string of the molecule is C#CCN(C1CCS(=O)(=O)C1)S(=O)(=O)c1c(Br)nnn1C. The molecule has 11 heteroatoms. The Labute approximate surface area is 131 Å². The molecule has 0 bridgehead atoms. The topological polar surface area (TPSA) is 102 Å². The van der Waals surface area contributed by atoms with Crippen molar-refractivity contribution in [1.82, 2.24) is 19.3 Å². The molecule has 2 heterocycles. The van der Waals surface area contributed by atoms with Crippen LogP contribution in [0, 0.1) is 12.3 Å². The molecular formula is C10H13BrN4O4S2. The fourth-order valence-electron chi connectivity index (χ4n) is 2.21. The number of rotatable bonds is 4. The van der Waals surface area contributed by atoms with Crippen molar-refractivity contribution < 1.29 is 16.8 Å². The van der Waals surface area contributed by atoms with E-state index in [1.807, 2.05) is 0 Å². The summed E-state index contributed by atoms with van der Waals surface area (Å²) in [5.41, 5.74) is 0. The van der Waals surface area contributed by atoms with Crippen LogP contribution in [0.4, 0.5) is 0 Å². The van der Waals surface area contributed by atoms with Crippen molar-refractivity contribution in [3.05, 3.63) is 4.60 Å². The predicted octanol–water partition coefficient (Wildman–Crippen LogP) is -0.611. The molecule has 1 atom stereocenters. The lowest BCUT2D eigenvalue weighted by Crippen LogP contribution is -2.42. The molecule has 0 spiro atoms. The lowest BCUT2D eigenvalue weighted by Gasteiger charge is -2.25. The zero-order chi connectivity index (χ0) is 15.8. The Kier molecular flexibility index (Phi) is 4.44. The lowest BCUT2D eigenvalue weighted by molar-refractivity contribution is 0.367. The largest absolute Gasteiger partial charge is 0.264 e. The highest BCUT2D eigenvalue weighted by molar-refractivity contribution is 9.10. The Balaban J connectivity index is 2.46. The summed E-state index contributed by atoms with van der Waals surface area (Å²) in [6.45, 7) is -0.208. The molecule has 0 aromatic carbocycles. The van der Waals surface area contributed by atoms with Gasteiger partial charge in [0.1, 0.15) is 0 Å². The Bertz CT molecular complexity index is 774. The van der Waals surface area contributed by atoms with Crippen LogP contribution in [0.15, 0.2) is 9.63 Å². The molecule has 2 rings (SSSR count). The highest BCUT2D eigenvalue weighted by Crippen LogP contribution is 2.27.